The largest absolute Gasteiger partial charge is 0.497 e. The number of aryl methyl sites for hydroxylation is 3. The highest BCUT2D eigenvalue weighted by Crippen LogP contribution is 2.30. The van der Waals surface area contributed by atoms with Gasteiger partial charge < -0.3 is 24.0 Å². The SMILES string of the molecule is COc1ccc(C(=O)NC2=Nc3ccc(OCCCC(=O)N(C)C4CCCCC4)cc3CN2CC(=O)OCc2c(C)cc(C)cc2C)cc1. The molecule has 0 spiro atoms. The molecule has 5 rings (SSSR count). The molecule has 0 bridgehead atoms. The van der Waals surface area contributed by atoms with Crippen LogP contribution in [0, 0.1) is 20.8 Å². The molecule has 2 aliphatic rings. The van der Waals surface area contributed by atoms with E-state index in [2.05, 4.69) is 17.4 Å². The second kappa shape index (κ2) is 16.5. The van der Waals surface area contributed by atoms with E-state index in [0.717, 1.165) is 40.7 Å². The van der Waals surface area contributed by atoms with Crippen LogP contribution in [0.4, 0.5) is 5.69 Å². The Morgan fingerprint density at radius 2 is 1.63 bits per heavy atom. The normalized spacial score (nSPS) is 14.4. The van der Waals surface area contributed by atoms with Gasteiger partial charge in [0.05, 0.1) is 19.4 Å². The summed E-state index contributed by atoms with van der Waals surface area (Å²) in [5.41, 5.74) is 6.20. The second-order valence-corrected chi connectivity index (χ2v) is 13.1. The van der Waals surface area contributed by atoms with Crippen LogP contribution in [0.1, 0.15) is 83.1 Å². The van der Waals surface area contributed by atoms with Crippen molar-refractivity contribution in [3.05, 3.63) is 88.0 Å². The Balaban J connectivity index is 1.25. The number of carbonyl (C=O) groups excluding carboxylic acids is 3. The first-order chi connectivity index (χ1) is 23.6. The van der Waals surface area contributed by atoms with E-state index in [1.54, 1.807) is 36.3 Å². The van der Waals surface area contributed by atoms with Gasteiger partial charge in [-0.1, -0.05) is 37.0 Å². The first-order valence-corrected chi connectivity index (χ1v) is 17.1. The van der Waals surface area contributed by atoms with Crippen molar-refractivity contribution in [1.29, 1.82) is 0 Å². The predicted octanol–water partition coefficient (Wildman–Crippen LogP) is 6.55. The third kappa shape index (κ3) is 9.40. The van der Waals surface area contributed by atoms with Crippen LogP contribution in [0.5, 0.6) is 11.5 Å². The van der Waals surface area contributed by atoms with Crippen molar-refractivity contribution in [2.24, 2.45) is 4.99 Å². The summed E-state index contributed by atoms with van der Waals surface area (Å²) in [5, 5.41) is 2.89. The highest BCUT2D eigenvalue weighted by Gasteiger charge is 2.26. The summed E-state index contributed by atoms with van der Waals surface area (Å²) in [7, 11) is 3.49. The first kappa shape index (κ1) is 35.4. The number of ether oxygens (including phenoxy) is 3. The Kier molecular flexibility index (Phi) is 11.9. The molecule has 1 saturated carbocycles. The Hall–Kier alpha value is -4.86. The molecule has 2 amide bonds. The third-order valence-corrected chi connectivity index (χ3v) is 9.37. The van der Waals surface area contributed by atoms with Gasteiger partial charge in [-0.15, -0.1) is 0 Å². The number of rotatable bonds is 12. The van der Waals surface area contributed by atoms with E-state index < -0.39 is 5.97 Å². The van der Waals surface area contributed by atoms with Crippen molar-refractivity contribution >= 4 is 29.4 Å². The van der Waals surface area contributed by atoms with Crippen molar-refractivity contribution in [2.75, 3.05) is 27.3 Å². The lowest BCUT2D eigenvalue weighted by Crippen LogP contribution is -2.47. The smallest absolute Gasteiger partial charge is 0.325 e. The number of nitrogens with one attached hydrogen (secondary N) is 1. The van der Waals surface area contributed by atoms with Gasteiger partial charge in [-0.3, -0.25) is 19.7 Å². The van der Waals surface area contributed by atoms with Gasteiger partial charge in [0.1, 0.15) is 24.7 Å². The van der Waals surface area contributed by atoms with Crippen molar-refractivity contribution < 1.29 is 28.6 Å². The maximum atomic E-state index is 13.2. The van der Waals surface area contributed by atoms with Crippen LogP contribution in [-0.4, -0.2) is 66.9 Å². The summed E-state index contributed by atoms with van der Waals surface area (Å²) < 4.78 is 17.0. The summed E-state index contributed by atoms with van der Waals surface area (Å²) in [6.07, 6.45) is 6.87. The molecule has 1 N–H and O–H groups in total. The van der Waals surface area contributed by atoms with Gasteiger partial charge in [0.2, 0.25) is 11.9 Å². The van der Waals surface area contributed by atoms with E-state index in [1.165, 1.54) is 19.3 Å². The summed E-state index contributed by atoms with van der Waals surface area (Å²) in [6, 6.07) is 16.8. The fraction of sp³-hybridized carbons (Fsp3) is 0.436. The number of fused-ring (bicyclic) bond motifs is 1. The molecule has 1 fully saturated rings. The van der Waals surface area contributed by atoms with Crippen molar-refractivity contribution in [1.82, 2.24) is 15.1 Å². The fourth-order valence-electron chi connectivity index (χ4n) is 6.56. The third-order valence-electron chi connectivity index (χ3n) is 9.37. The van der Waals surface area contributed by atoms with E-state index in [0.29, 0.717) is 54.8 Å². The van der Waals surface area contributed by atoms with Gasteiger partial charge in [0.25, 0.3) is 5.91 Å². The summed E-state index contributed by atoms with van der Waals surface area (Å²) in [4.78, 5) is 47.5. The molecule has 49 heavy (non-hydrogen) atoms. The fourth-order valence-corrected chi connectivity index (χ4v) is 6.56. The molecule has 0 aromatic heterocycles. The lowest BCUT2D eigenvalue weighted by atomic mass is 9.94. The molecular formula is C39H48N4O6. The number of methoxy groups -OCH3 is 1. The van der Waals surface area contributed by atoms with Gasteiger partial charge in [-0.25, -0.2) is 4.99 Å². The van der Waals surface area contributed by atoms with Crippen LogP contribution < -0.4 is 14.8 Å². The van der Waals surface area contributed by atoms with Gasteiger partial charge in [0, 0.05) is 37.2 Å². The first-order valence-electron chi connectivity index (χ1n) is 17.1. The molecule has 0 saturated heterocycles. The summed E-state index contributed by atoms with van der Waals surface area (Å²) in [5.74, 6) is 0.903. The van der Waals surface area contributed by atoms with E-state index in [9.17, 15) is 14.4 Å². The molecule has 3 aromatic carbocycles. The van der Waals surface area contributed by atoms with E-state index in [1.807, 2.05) is 50.9 Å². The molecule has 1 aliphatic carbocycles. The van der Waals surface area contributed by atoms with Crippen molar-refractivity contribution in [3.63, 3.8) is 0 Å². The van der Waals surface area contributed by atoms with Crippen LogP contribution >= 0.6 is 0 Å². The highest BCUT2D eigenvalue weighted by atomic mass is 16.5. The van der Waals surface area contributed by atoms with Crippen LogP contribution in [0.3, 0.4) is 0 Å². The Morgan fingerprint density at radius 1 is 0.939 bits per heavy atom. The minimum absolute atomic E-state index is 0.118. The van der Waals surface area contributed by atoms with E-state index >= 15 is 0 Å². The monoisotopic (exact) mass is 668 g/mol. The zero-order valence-electron chi connectivity index (χ0n) is 29.3. The number of benzene rings is 3. The minimum atomic E-state index is -0.440. The molecule has 0 radical (unpaired) electrons. The summed E-state index contributed by atoms with van der Waals surface area (Å²) in [6.45, 7) is 6.81. The maximum absolute atomic E-state index is 13.2. The molecule has 3 aromatic rings. The average Bonchev–Trinajstić information content (AvgIpc) is 3.09. The number of carbonyl (C=O) groups is 3. The molecule has 1 heterocycles. The number of hydrogen-bond donors (Lipinski definition) is 1. The molecule has 10 heteroatoms. The number of aliphatic imine (C=N–C) groups is 1. The number of guanidine groups is 1. The molecular weight excluding hydrogens is 620 g/mol. The Labute approximate surface area is 289 Å². The lowest BCUT2D eigenvalue weighted by Gasteiger charge is -2.31. The quantitative estimate of drug-likeness (QED) is 0.172. The topological polar surface area (TPSA) is 110 Å². The number of amides is 2. The van der Waals surface area contributed by atoms with Crippen LogP contribution in [0.2, 0.25) is 0 Å². The van der Waals surface area contributed by atoms with Crippen LogP contribution in [0.25, 0.3) is 0 Å². The van der Waals surface area contributed by atoms with E-state index in [-0.39, 0.29) is 30.9 Å². The molecule has 0 atom stereocenters. The maximum Gasteiger partial charge on any atom is 0.325 e. The van der Waals surface area contributed by atoms with Crippen LogP contribution in [0.15, 0.2) is 59.6 Å². The van der Waals surface area contributed by atoms with E-state index in [4.69, 9.17) is 19.2 Å². The molecule has 260 valence electrons. The molecule has 0 unspecified atom stereocenters. The van der Waals surface area contributed by atoms with Crippen LogP contribution in [-0.2, 0) is 27.5 Å². The average molecular weight is 669 g/mol. The molecule has 1 aliphatic heterocycles. The Morgan fingerprint density at radius 3 is 2.33 bits per heavy atom. The zero-order chi connectivity index (χ0) is 34.9. The number of esters is 1. The Bertz CT molecular complexity index is 1660. The van der Waals surface area contributed by atoms with Crippen molar-refractivity contribution in [3.8, 4) is 11.5 Å². The summed E-state index contributed by atoms with van der Waals surface area (Å²) >= 11 is 0. The lowest BCUT2D eigenvalue weighted by molar-refractivity contribution is -0.145. The van der Waals surface area contributed by atoms with Crippen molar-refractivity contribution in [2.45, 2.75) is 84.9 Å². The minimum Gasteiger partial charge on any atom is -0.497 e. The van der Waals surface area contributed by atoms with Gasteiger partial charge >= 0.3 is 5.97 Å². The molecule has 10 nitrogen and oxygen atoms in total. The highest BCUT2D eigenvalue weighted by molar-refractivity contribution is 6.07. The van der Waals surface area contributed by atoms with Gasteiger partial charge in [0.15, 0.2) is 0 Å². The van der Waals surface area contributed by atoms with Gasteiger partial charge in [-0.05, 0) is 99.2 Å². The second-order valence-electron chi connectivity index (χ2n) is 13.1. The van der Waals surface area contributed by atoms with Gasteiger partial charge in [-0.2, -0.15) is 0 Å². The predicted molar refractivity (Wildman–Crippen MR) is 189 cm³/mol. The standard InChI is InChI=1S/C39H48N4O6/c1-26-20-27(2)34(28(3)21-26)25-49-37(45)24-43-23-30-22-33(48-19-9-12-36(44)42(4)31-10-7-6-8-11-31)17-18-35(30)40-39(43)41-38(46)29-13-15-32(47-5)16-14-29/h13-18,20-22,31H,6-12,19,23-25H2,1-5H3,(H,40,41,46). The number of hydrogen-bond acceptors (Lipinski definition) is 8. The zero-order valence-corrected chi connectivity index (χ0v) is 29.3. The number of nitrogens with zero attached hydrogens (tertiary/aromatic N) is 3.